The molecular formula is C7H10N2O4S2. The zero-order valence-electron chi connectivity index (χ0n) is 8.13. The van der Waals surface area contributed by atoms with Crippen molar-refractivity contribution in [2.45, 2.75) is 9.92 Å². The Balaban J connectivity index is 3.24. The Labute approximate surface area is 88.3 Å². The van der Waals surface area contributed by atoms with E-state index < -0.39 is 19.9 Å². The molecule has 1 N–H and O–H groups in total. The molecular weight excluding hydrogens is 240 g/mol. The molecule has 15 heavy (non-hydrogen) atoms. The molecule has 1 aromatic rings. The molecule has 1 aromatic heterocycles. The van der Waals surface area contributed by atoms with Gasteiger partial charge in [-0.25, -0.2) is 26.5 Å². The van der Waals surface area contributed by atoms with Gasteiger partial charge in [0.15, 0.2) is 14.9 Å². The van der Waals surface area contributed by atoms with Crippen LogP contribution in [0.3, 0.4) is 0 Å². The molecule has 0 aliphatic heterocycles. The summed E-state index contributed by atoms with van der Waals surface area (Å²) < 4.78 is 46.7. The molecule has 0 aliphatic rings. The topological polar surface area (TPSA) is 93.2 Å². The van der Waals surface area contributed by atoms with E-state index in [1.165, 1.54) is 13.1 Å². The number of hydrogen-bond donors (Lipinski definition) is 1. The summed E-state index contributed by atoms with van der Waals surface area (Å²) in [4.78, 5) is 3.49. The van der Waals surface area contributed by atoms with Crippen LogP contribution in [0.25, 0.3) is 0 Å². The quantitative estimate of drug-likeness (QED) is 0.772. The summed E-state index contributed by atoms with van der Waals surface area (Å²) in [6.07, 6.45) is 2.00. The molecule has 0 atom stereocenters. The van der Waals surface area contributed by atoms with E-state index in [4.69, 9.17) is 0 Å². The normalized spacial score (nSPS) is 12.7. The highest BCUT2D eigenvalue weighted by molar-refractivity contribution is 7.90. The van der Waals surface area contributed by atoms with Gasteiger partial charge in [0.2, 0.25) is 10.0 Å². The lowest BCUT2D eigenvalue weighted by molar-refractivity contribution is 0.585. The predicted molar refractivity (Wildman–Crippen MR) is 53.6 cm³/mol. The van der Waals surface area contributed by atoms with E-state index in [1.807, 2.05) is 0 Å². The second-order valence-corrected chi connectivity index (χ2v) is 6.66. The largest absolute Gasteiger partial charge is 0.243 e. The molecule has 1 heterocycles. The standard InChI is InChI=1S/C7H10N2O4S2/c1-8-15(12,13)6-3-4-7(9-5-6)14(2,10)11/h3-5,8H,1-2H3. The maximum atomic E-state index is 11.3. The summed E-state index contributed by atoms with van der Waals surface area (Å²) in [5.41, 5.74) is 0. The maximum Gasteiger partial charge on any atom is 0.241 e. The molecule has 0 aliphatic carbocycles. The van der Waals surface area contributed by atoms with Crippen LogP contribution in [0.15, 0.2) is 28.3 Å². The molecule has 1 rings (SSSR count). The van der Waals surface area contributed by atoms with Gasteiger partial charge in [-0.1, -0.05) is 0 Å². The van der Waals surface area contributed by atoms with Gasteiger partial charge in [0.25, 0.3) is 0 Å². The monoisotopic (exact) mass is 250 g/mol. The van der Waals surface area contributed by atoms with Crippen LogP contribution in [0.2, 0.25) is 0 Å². The molecule has 8 heteroatoms. The minimum Gasteiger partial charge on any atom is -0.243 e. The predicted octanol–water partition coefficient (Wildman–Crippen LogP) is -0.607. The van der Waals surface area contributed by atoms with Crippen molar-refractivity contribution in [3.63, 3.8) is 0 Å². The summed E-state index contributed by atoms with van der Waals surface area (Å²) in [5, 5.41) is -0.155. The second-order valence-electron chi connectivity index (χ2n) is 2.81. The minimum absolute atomic E-state index is 0.0719. The third-order valence-electron chi connectivity index (χ3n) is 1.67. The van der Waals surface area contributed by atoms with Gasteiger partial charge in [0, 0.05) is 12.5 Å². The van der Waals surface area contributed by atoms with Crippen molar-refractivity contribution in [3.8, 4) is 0 Å². The van der Waals surface area contributed by atoms with Crippen LogP contribution in [0.5, 0.6) is 0 Å². The first-order chi connectivity index (χ1) is 6.77. The maximum absolute atomic E-state index is 11.3. The molecule has 0 amide bonds. The Kier molecular flexibility index (Phi) is 3.12. The third kappa shape index (κ3) is 2.74. The molecule has 0 spiro atoms. The summed E-state index contributed by atoms with van der Waals surface area (Å²) in [5.74, 6) is 0. The lowest BCUT2D eigenvalue weighted by atomic mass is 10.5. The smallest absolute Gasteiger partial charge is 0.241 e. The molecule has 0 unspecified atom stereocenters. The Hall–Kier alpha value is -0.990. The molecule has 0 aromatic carbocycles. The highest BCUT2D eigenvalue weighted by Gasteiger charge is 2.14. The van der Waals surface area contributed by atoms with E-state index in [-0.39, 0.29) is 9.92 Å². The van der Waals surface area contributed by atoms with Crippen LogP contribution in [0.4, 0.5) is 0 Å². The average molecular weight is 250 g/mol. The van der Waals surface area contributed by atoms with Gasteiger partial charge in [0.05, 0.1) is 0 Å². The van der Waals surface area contributed by atoms with E-state index in [1.54, 1.807) is 0 Å². The fourth-order valence-corrected chi connectivity index (χ4v) is 2.10. The molecule has 6 nitrogen and oxygen atoms in total. The van der Waals surface area contributed by atoms with Crippen LogP contribution in [0, 0.1) is 0 Å². The van der Waals surface area contributed by atoms with Crippen LogP contribution in [0.1, 0.15) is 0 Å². The van der Waals surface area contributed by atoms with Crippen molar-refractivity contribution < 1.29 is 16.8 Å². The van der Waals surface area contributed by atoms with E-state index in [0.717, 1.165) is 18.5 Å². The summed E-state index contributed by atoms with van der Waals surface area (Å²) in [6.45, 7) is 0. The molecule has 84 valence electrons. The molecule has 0 saturated carbocycles. The number of rotatable bonds is 3. The average Bonchev–Trinajstić information content (AvgIpc) is 2.17. The minimum atomic E-state index is -3.57. The highest BCUT2D eigenvalue weighted by atomic mass is 32.2. The fraction of sp³-hybridized carbons (Fsp3) is 0.286. The lowest BCUT2D eigenvalue weighted by Crippen LogP contribution is -2.18. The molecule has 0 saturated heterocycles. The van der Waals surface area contributed by atoms with Crippen molar-refractivity contribution >= 4 is 19.9 Å². The molecule has 0 fully saturated rings. The van der Waals surface area contributed by atoms with Gasteiger partial charge >= 0.3 is 0 Å². The van der Waals surface area contributed by atoms with Crippen molar-refractivity contribution in [1.82, 2.24) is 9.71 Å². The van der Waals surface area contributed by atoms with E-state index in [0.29, 0.717) is 0 Å². The summed E-state index contributed by atoms with van der Waals surface area (Å²) in [6, 6.07) is 2.34. The fourth-order valence-electron chi connectivity index (χ4n) is 0.863. The lowest BCUT2D eigenvalue weighted by Gasteiger charge is -2.02. The van der Waals surface area contributed by atoms with Crippen LogP contribution in [-0.2, 0) is 19.9 Å². The number of sulfonamides is 1. The number of hydrogen-bond acceptors (Lipinski definition) is 5. The number of pyridine rings is 1. The number of aromatic nitrogens is 1. The van der Waals surface area contributed by atoms with E-state index in [9.17, 15) is 16.8 Å². The van der Waals surface area contributed by atoms with Crippen molar-refractivity contribution in [2.75, 3.05) is 13.3 Å². The van der Waals surface area contributed by atoms with Gasteiger partial charge in [-0.15, -0.1) is 0 Å². The van der Waals surface area contributed by atoms with Gasteiger partial charge < -0.3 is 0 Å². The summed E-state index contributed by atoms with van der Waals surface area (Å²) in [7, 11) is -5.70. The number of nitrogens with zero attached hydrogens (tertiary/aromatic N) is 1. The van der Waals surface area contributed by atoms with Crippen LogP contribution >= 0.6 is 0 Å². The summed E-state index contributed by atoms with van der Waals surface area (Å²) >= 11 is 0. The van der Waals surface area contributed by atoms with Gasteiger partial charge in [-0.2, -0.15) is 0 Å². The molecule has 0 bridgehead atoms. The third-order valence-corrected chi connectivity index (χ3v) is 4.07. The highest BCUT2D eigenvalue weighted by Crippen LogP contribution is 2.10. The zero-order valence-corrected chi connectivity index (χ0v) is 9.76. The Bertz CT molecular complexity index is 545. The first-order valence-corrected chi connectivity index (χ1v) is 7.24. The van der Waals surface area contributed by atoms with Gasteiger partial charge in [0.1, 0.15) is 4.90 Å². The van der Waals surface area contributed by atoms with Crippen LogP contribution < -0.4 is 4.72 Å². The molecule has 0 radical (unpaired) electrons. The number of sulfone groups is 1. The van der Waals surface area contributed by atoms with Crippen molar-refractivity contribution in [1.29, 1.82) is 0 Å². The zero-order chi connectivity index (χ0) is 11.7. The van der Waals surface area contributed by atoms with Gasteiger partial charge in [-0.05, 0) is 19.2 Å². The Morgan fingerprint density at radius 2 is 1.80 bits per heavy atom. The van der Waals surface area contributed by atoms with Crippen LogP contribution in [-0.4, -0.2) is 35.1 Å². The van der Waals surface area contributed by atoms with Crippen molar-refractivity contribution in [3.05, 3.63) is 18.3 Å². The Morgan fingerprint density at radius 1 is 1.20 bits per heavy atom. The SMILES string of the molecule is CNS(=O)(=O)c1ccc(S(C)(=O)=O)nc1. The number of nitrogens with one attached hydrogen (secondary N) is 1. The first kappa shape index (κ1) is 12.1. The van der Waals surface area contributed by atoms with Gasteiger partial charge in [-0.3, -0.25) is 0 Å². The van der Waals surface area contributed by atoms with E-state index >= 15 is 0 Å². The second kappa shape index (κ2) is 3.87. The first-order valence-electron chi connectivity index (χ1n) is 3.87. The van der Waals surface area contributed by atoms with Crippen molar-refractivity contribution in [2.24, 2.45) is 0 Å². The Morgan fingerprint density at radius 3 is 2.13 bits per heavy atom. The van der Waals surface area contributed by atoms with E-state index in [2.05, 4.69) is 9.71 Å².